The number of nitrogens with zero attached hydrogens (tertiary/aromatic N) is 2. The Morgan fingerprint density at radius 2 is 1.78 bits per heavy atom. The summed E-state index contributed by atoms with van der Waals surface area (Å²) in [7, 11) is 3.01. The molecule has 168 valence electrons. The fraction of sp³-hybridized carbons (Fsp3) is 0.261. The van der Waals surface area contributed by atoms with Gasteiger partial charge in [0.25, 0.3) is 5.91 Å². The van der Waals surface area contributed by atoms with E-state index in [1.807, 2.05) is 26.0 Å². The number of aliphatic imine (C=N–C) groups is 1. The molecule has 0 atom stereocenters. The molecule has 0 aliphatic carbocycles. The summed E-state index contributed by atoms with van der Waals surface area (Å²) in [5, 5.41) is 0.537. The molecule has 0 aromatic heterocycles. The van der Waals surface area contributed by atoms with Gasteiger partial charge in [-0.25, -0.2) is 9.79 Å². The summed E-state index contributed by atoms with van der Waals surface area (Å²) in [6.07, 6.45) is 1.79. The van der Waals surface area contributed by atoms with Crippen molar-refractivity contribution in [2.45, 2.75) is 13.8 Å². The number of carbonyl (C=O) groups is 2. The number of carbonyl (C=O) groups excluding carboxylic acids is 2. The Hall–Kier alpha value is -2.78. The first-order chi connectivity index (χ1) is 15.4. The van der Waals surface area contributed by atoms with Gasteiger partial charge >= 0.3 is 5.97 Å². The van der Waals surface area contributed by atoms with Crippen molar-refractivity contribution in [3.8, 4) is 11.5 Å². The zero-order valence-electron chi connectivity index (χ0n) is 18.2. The van der Waals surface area contributed by atoms with Crippen molar-refractivity contribution in [1.82, 2.24) is 4.90 Å². The minimum Gasteiger partial charge on any atom is -0.493 e. The lowest BCUT2D eigenvalue weighted by molar-refractivity contribution is -0.121. The first-order valence-electron chi connectivity index (χ1n) is 9.91. The van der Waals surface area contributed by atoms with Gasteiger partial charge in [0.15, 0.2) is 5.17 Å². The van der Waals surface area contributed by atoms with Gasteiger partial charge in [-0.3, -0.25) is 9.69 Å². The Morgan fingerprint density at radius 1 is 1.12 bits per heavy atom. The van der Waals surface area contributed by atoms with Crippen LogP contribution in [0.25, 0.3) is 6.08 Å². The zero-order valence-corrected chi connectivity index (χ0v) is 20.6. The summed E-state index contributed by atoms with van der Waals surface area (Å²) in [6.45, 7) is 4.83. The van der Waals surface area contributed by atoms with Crippen molar-refractivity contribution in [2.75, 3.05) is 27.4 Å². The highest BCUT2D eigenvalue weighted by atomic mass is 79.9. The molecule has 0 spiro atoms. The third-order valence-corrected chi connectivity index (χ3v) is 6.15. The van der Waals surface area contributed by atoms with Crippen molar-refractivity contribution in [3.63, 3.8) is 0 Å². The highest BCUT2D eigenvalue weighted by Crippen LogP contribution is 2.38. The van der Waals surface area contributed by atoms with Crippen molar-refractivity contribution in [1.29, 1.82) is 0 Å². The van der Waals surface area contributed by atoms with E-state index in [1.165, 1.54) is 23.8 Å². The van der Waals surface area contributed by atoms with E-state index in [2.05, 4.69) is 20.9 Å². The third-order valence-electron chi connectivity index (χ3n) is 4.47. The number of hydrogen-bond acceptors (Lipinski definition) is 7. The zero-order chi connectivity index (χ0) is 23.3. The van der Waals surface area contributed by atoms with E-state index >= 15 is 0 Å². The fourth-order valence-electron chi connectivity index (χ4n) is 2.90. The van der Waals surface area contributed by atoms with Crippen LogP contribution in [-0.2, 0) is 9.53 Å². The number of hydrogen-bond donors (Lipinski definition) is 0. The van der Waals surface area contributed by atoms with Crippen LogP contribution >= 0.6 is 27.7 Å². The normalized spacial score (nSPS) is 16.0. The van der Waals surface area contributed by atoms with Gasteiger partial charge < -0.3 is 14.2 Å². The molecule has 0 unspecified atom stereocenters. The van der Waals surface area contributed by atoms with Crippen LogP contribution in [0.2, 0.25) is 0 Å². The number of methoxy groups -OCH3 is 1. The lowest BCUT2D eigenvalue weighted by Gasteiger charge is -2.12. The molecular weight excluding hydrogens is 496 g/mol. The number of halogens is 1. The Balaban J connectivity index is 1.90. The quantitative estimate of drug-likeness (QED) is 0.367. The van der Waals surface area contributed by atoms with Crippen molar-refractivity contribution >= 4 is 56.5 Å². The molecule has 9 heteroatoms. The molecule has 1 heterocycles. The number of amides is 1. The first-order valence-corrected chi connectivity index (χ1v) is 11.5. The van der Waals surface area contributed by atoms with Gasteiger partial charge in [-0.15, -0.1) is 0 Å². The molecule has 0 N–H and O–H groups in total. The van der Waals surface area contributed by atoms with Crippen LogP contribution in [0.1, 0.15) is 29.8 Å². The maximum Gasteiger partial charge on any atom is 0.337 e. The largest absolute Gasteiger partial charge is 0.493 e. The Kier molecular flexibility index (Phi) is 7.98. The van der Waals surface area contributed by atoms with Gasteiger partial charge in [0.05, 0.1) is 41.0 Å². The van der Waals surface area contributed by atoms with E-state index in [-0.39, 0.29) is 5.91 Å². The molecule has 1 fully saturated rings. The molecule has 1 aliphatic rings. The van der Waals surface area contributed by atoms with Gasteiger partial charge in [0, 0.05) is 18.7 Å². The maximum absolute atomic E-state index is 12.8. The number of amidine groups is 1. The van der Waals surface area contributed by atoms with Gasteiger partial charge in [-0.1, -0.05) is 0 Å². The van der Waals surface area contributed by atoms with E-state index in [0.29, 0.717) is 46.0 Å². The summed E-state index contributed by atoms with van der Waals surface area (Å²) in [6, 6.07) is 10.4. The van der Waals surface area contributed by atoms with Crippen LogP contribution in [0.3, 0.4) is 0 Å². The molecule has 3 rings (SSSR count). The SMILES string of the molecule is CCOc1cc(OCC)c(/C=C2/SC(=Nc3ccc(C(=O)OC)cc3)N(C)C2=O)cc1Br. The molecule has 1 saturated heterocycles. The minimum absolute atomic E-state index is 0.160. The Labute approximate surface area is 199 Å². The highest BCUT2D eigenvalue weighted by Gasteiger charge is 2.30. The number of rotatable bonds is 7. The van der Waals surface area contributed by atoms with Gasteiger partial charge in [-0.2, -0.15) is 0 Å². The van der Waals surface area contributed by atoms with Crippen molar-refractivity contribution in [3.05, 3.63) is 56.9 Å². The van der Waals surface area contributed by atoms with Crippen molar-refractivity contribution < 1.29 is 23.8 Å². The number of benzene rings is 2. The number of thioether (sulfide) groups is 1. The molecule has 7 nitrogen and oxygen atoms in total. The molecule has 1 amide bonds. The third kappa shape index (κ3) is 5.34. The number of ether oxygens (including phenoxy) is 3. The summed E-state index contributed by atoms with van der Waals surface area (Å²) in [4.78, 5) is 31.0. The van der Waals surface area contributed by atoms with Gasteiger partial charge in [0.2, 0.25) is 0 Å². The molecular formula is C23H23BrN2O5S. The predicted octanol–water partition coefficient (Wildman–Crippen LogP) is 5.27. The number of esters is 1. The van der Waals surface area contributed by atoms with E-state index in [0.717, 1.165) is 10.0 Å². The smallest absolute Gasteiger partial charge is 0.337 e. The first kappa shape index (κ1) is 23.9. The molecule has 2 aromatic carbocycles. The van der Waals surface area contributed by atoms with Crippen LogP contribution < -0.4 is 9.47 Å². The average Bonchev–Trinajstić information content (AvgIpc) is 3.04. The standard InChI is InChI=1S/C23H23BrN2O5S/c1-5-30-18-13-19(31-6-2)17(24)11-15(18)12-20-21(27)26(3)23(32-20)25-16-9-7-14(8-10-16)22(28)29-4/h7-13H,5-6H2,1-4H3/b20-12+,25-23?. The molecule has 0 saturated carbocycles. The van der Waals surface area contributed by atoms with E-state index in [4.69, 9.17) is 14.2 Å². The second-order valence-electron chi connectivity index (χ2n) is 6.59. The lowest BCUT2D eigenvalue weighted by Crippen LogP contribution is -2.23. The summed E-state index contributed by atoms with van der Waals surface area (Å²) >= 11 is 4.79. The van der Waals surface area contributed by atoms with E-state index < -0.39 is 5.97 Å². The van der Waals surface area contributed by atoms with Crippen LogP contribution in [0, 0.1) is 0 Å². The summed E-state index contributed by atoms with van der Waals surface area (Å²) in [5.41, 5.74) is 1.82. The topological polar surface area (TPSA) is 77.4 Å². The maximum atomic E-state index is 12.8. The monoisotopic (exact) mass is 518 g/mol. The van der Waals surface area contributed by atoms with Crippen LogP contribution in [0.4, 0.5) is 5.69 Å². The molecule has 32 heavy (non-hydrogen) atoms. The van der Waals surface area contributed by atoms with Crippen LogP contribution in [0.15, 0.2) is 50.8 Å². The van der Waals surface area contributed by atoms with Gasteiger partial charge in [-0.05, 0) is 77.9 Å². The van der Waals surface area contributed by atoms with Crippen LogP contribution in [0.5, 0.6) is 11.5 Å². The molecule has 2 aromatic rings. The molecule has 1 aliphatic heterocycles. The molecule has 0 radical (unpaired) electrons. The van der Waals surface area contributed by atoms with E-state index in [1.54, 1.807) is 37.4 Å². The second-order valence-corrected chi connectivity index (χ2v) is 8.46. The summed E-state index contributed by atoms with van der Waals surface area (Å²) < 4.78 is 16.9. The Morgan fingerprint density at radius 3 is 2.41 bits per heavy atom. The summed E-state index contributed by atoms with van der Waals surface area (Å²) in [5.74, 6) is 0.737. The van der Waals surface area contributed by atoms with Crippen LogP contribution in [-0.4, -0.2) is 49.3 Å². The highest BCUT2D eigenvalue weighted by molar-refractivity contribution is 9.10. The fourth-order valence-corrected chi connectivity index (χ4v) is 4.36. The second kappa shape index (κ2) is 10.7. The van der Waals surface area contributed by atoms with Crippen molar-refractivity contribution in [2.24, 2.45) is 4.99 Å². The molecule has 0 bridgehead atoms. The minimum atomic E-state index is -0.413. The van der Waals surface area contributed by atoms with E-state index in [9.17, 15) is 9.59 Å². The predicted molar refractivity (Wildman–Crippen MR) is 130 cm³/mol. The van der Waals surface area contributed by atoms with Gasteiger partial charge in [0.1, 0.15) is 11.5 Å². The number of likely N-dealkylation sites (N-methyl/N-ethyl adjacent to an activating group) is 1. The average molecular weight is 519 g/mol. The Bertz CT molecular complexity index is 1080. The lowest BCUT2D eigenvalue weighted by atomic mass is 10.1.